The summed E-state index contributed by atoms with van der Waals surface area (Å²) in [7, 11) is 0. The quantitative estimate of drug-likeness (QED) is 0.908. The molecule has 1 fully saturated rings. The van der Waals surface area contributed by atoms with Crippen molar-refractivity contribution in [2.75, 3.05) is 5.32 Å². The van der Waals surface area contributed by atoms with E-state index in [-0.39, 0.29) is 11.9 Å². The van der Waals surface area contributed by atoms with E-state index in [1.807, 2.05) is 37.3 Å². The van der Waals surface area contributed by atoms with Crippen molar-refractivity contribution in [3.05, 3.63) is 53.6 Å². The van der Waals surface area contributed by atoms with E-state index in [9.17, 15) is 4.79 Å². The number of hydrogen-bond donors (Lipinski definition) is 2. The largest absolute Gasteiger partial charge is 0.327 e. The molecular weight excluding hydrogens is 302 g/mol. The second-order valence-electron chi connectivity index (χ2n) is 6.06. The maximum absolute atomic E-state index is 12.5. The number of aryl methyl sites for hydroxylation is 1. The molecule has 24 heavy (non-hydrogen) atoms. The Hall–Kier alpha value is -2.94. The number of nitrogens with zero attached hydrogens (tertiary/aromatic N) is 3. The summed E-state index contributed by atoms with van der Waals surface area (Å²) in [6.45, 7) is 1.95. The average molecular weight is 321 g/mol. The summed E-state index contributed by atoms with van der Waals surface area (Å²) in [4.78, 5) is 20.7. The molecule has 0 radical (unpaired) electrons. The van der Waals surface area contributed by atoms with E-state index in [2.05, 4.69) is 20.6 Å². The number of nitrogens with one attached hydrogen (secondary N) is 2. The summed E-state index contributed by atoms with van der Waals surface area (Å²) < 4.78 is 0. The third-order valence-electron chi connectivity index (χ3n) is 4.45. The van der Waals surface area contributed by atoms with Gasteiger partial charge >= 0.3 is 6.03 Å². The van der Waals surface area contributed by atoms with Crippen molar-refractivity contribution < 1.29 is 4.79 Å². The second-order valence-corrected chi connectivity index (χ2v) is 6.06. The minimum Gasteiger partial charge on any atom is -0.327 e. The van der Waals surface area contributed by atoms with Gasteiger partial charge in [0.25, 0.3) is 0 Å². The molecule has 0 saturated heterocycles. The van der Waals surface area contributed by atoms with Crippen LogP contribution in [0.3, 0.4) is 0 Å². The number of rotatable bonds is 3. The Balaban J connectivity index is 1.82. The Morgan fingerprint density at radius 3 is 2.71 bits per heavy atom. The van der Waals surface area contributed by atoms with Crippen LogP contribution in [0.25, 0.3) is 0 Å². The number of para-hydroxylation sites is 1. The Bertz CT molecular complexity index is 790. The fourth-order valence-electron chi connectivity index (χ4n) is 3.19. The van der Waals surface area contributed by atoms with Crippen molar-refractivity contribution in [1.82, 2.24) is 15.3 Å². The van der Waals surface area contributed by atoms with Crippen LogP contribution in [-0.4, -0.2) is 16.0 Å². The van der Waals surface area contributed by atoms with E-state index in [4.69, 9.17) is 5.26 Å². The number of benzene rings is 1. The van der Waals surface area contributed by atoms with Crippen LogP contribution in [0.1, 0.15) is 42.8 Å². The standard InChI is InChI=1S/C18H19N5O/c1-13-6-2-3-7-14(13)21-17(24)23-18(9-4-5-10-18)15-8-11-20-16(12-19)22-15/h2-3,6-8,11H,4-5,9-10H2,1H3,(H2,21,23,24). The summed E-state index contributed by atoms with van der Waals surface area (Å²) >= 11 is 0. The molecular formula is C18H19N5O. The lowest BCUT2D eigenvalue weighted by atomic mass is 9.93. The molecule has 1 saturated carbocycles. The lowest BCUT2D eigenvalue weighted by Gasteiger charge is -2.30. The zero-order valence-corrected chi connectivity index (χ0v) is 13.5. The van der Waals surface area contributed by atoms with Crippen LogP contribution in [0.2, 0.25) is 0 Å². The summed E-state index contributed by atoms with van der Waals surface area (Å²) in [6, 6.07) is 11.1. The molecule has 1 aromatic heterocycles. The number of aromatic nitrogens is 2. The highest BCUT2D eigenvalue weighted by Crippen LogP contribution is 2.37. The molecule has 0 spiro atoms. The monoisotopic (exact) mass is 321 g/mol. The van der Waals surface area contributed by atoms with Gasteiger partial charge in [-0.2, -0.15) is 5.26 Å². The van der Waals surface area contributed by atoms with Crippen LogP contribution in [0, 0.1) is 18.3 Å². The van der Waals surface area contributed by atoms with Gasteiger partial charge in [0.15, 0.2) is 0 Å². The van der Waals surface area contributed by atoms with Crippen LogP contribution in [0.15, 0.2) is 36.5 Å². The first-order valence-corrected chi connectivity index (χ1v) is 8.01. The summed E-state index contributed by atoms with van der Waals surface area (Å²) in [6.07, 6.45) is 5.20. The van der Waals surface area contributed by atoms with Gasteiger partial charge in [-0.3, -0.25) is 0 Å². The molecule has 6 nitrogen and oxygen atoms in total. The predicted octanol–water partition coefficient (Wildman–Crippen LogP) is 3.25. The second kappa shape index (κ2) is 6.67. The van der Waals surface area contributed by atoms with Crippen molar-refractivity contribution in [3.63, 3.8) is 0 Å². The van der Waals surface area contributed by atoms with Gasteiger partial charge in [-0.15, -0.1) is 0 Å². The molecule has 2 N–H and O–H groups in total. The van der Waals surface area contributed by atoms with E-state index in [0.29, 0.717) is 5.69 Å². The minimum atomic E-state index is -0.540. The molecule has 1 aromatic carbocycles. The molecule has 122 valence electrons. The van der Waals surface area contributed by atoms with Gasteiger partial charge in [-0.25, -0.2) is 14.8 Å². The maximum Gasteiger partial charge on any atom is 0.319 e. The lowest BCUT2D eigenvalue weighted by molar-refractivity contribution is 0.235. The van der Waals surface area contributed by atoms with Gasteiger partial charge in [0.2, 0.25) is 5.82 Å². The SMILES string of the molecule is Cc1ccccc1NC(=O)NC1(c2ccnc(C#N)n2)CCCC1. The Morgan fingerprint density at radius 1 is 1.25 bits per heavy atom. The normalized spacial score (nSPS) is 15.5. The molecule has 1 heterocycles. The van der Waals surface area contributed by atoms with E-state index >= 15 is 0 Å². The first-order chi connectivity index (χ1) is 11.6. The van der Waals surface area contributed by atoms with Gasteiger partial charge in [-0.05, 0) is 37.5 Å². The summed E-state index contributed by atoms with van der Waals surface area (Å²) in [5, 5.41) is 15.0. The van der Waals surface area contributed by atoms with Crippen molar-refractivity contribution in [1.29, 1.82) is 5.26 Å². The lowest BCUT2D eigenvalue weighted by Crippen LogP contribution is -2.46. The number of carbonyl (C=O) groups is 1. The number of hydrogen-bond acceptors (Lipinski definition) is 4. The van der Waals surface area contributed by atoms with Crippen LogP contribution in [-0.2, 0) is 5.54 Å². The molecule has 6 heteroatoms. The highest BCUT2D eigenvalue weighted by atomic mass is 16.2. The van der Waals surface area contributed by atoms with Gasteiger partial charge in [0.1, 0.15) is 6.07 Å². The molecule has 0 bridgehead atoms. The zero-order valence-electron chi connectivity index (χ0n) is 13.5. The molecule has 0 unspecified atom stereocenters. The molecule has 3 rings (SSSR count). The number of nitriles is 1. The van der Waals surface area contributed by atoms with Crippen molar-refractivity contribution in [2.24, 2.45) is 0 Å². The molecule has 2 amide bonds. The van der Waals surface area contributed by atoms with E-state index < -0.39 is 5.54 Å². The molecule has 2 aromatic rings. The number of anilines is 1. The van der Waals surface area contributed by atoms with Crippen molar-refractivity contribution >= 4 is 11.7 Å². The van der Waals surface area contributed by atoms with Crippen molar-refractivity contribution in [3.8, 4) is 6.07 Å². The van der Waals surface area contributed by atoms with Crippen LogP contribution < -0.4 is 10.6 Å². The molecule has 1 aliphatic rings. The summed E-state index contributed by atoms with van der Waals surface area (Å²) in [5.41, 5.74) is 1.94. The molecule has 0 atom stereocenters. The van der Waals surface area contributed by atoms with E-state index in [0.717, 1.165) is 36.9 Å². The first-order valence-electron chi connectivity index (χ1n) is 8.01. The average Bonchev–Trinajstić information content (AvgIpc) is 3.06. The van der Waals surface area contributed by atoms with Gasteiger partial charge in [0, 0.05) is 11.9 Å². The van der Waals surface area contributed by atoms with E-state index in [1.54, 1.807) is 12.3 Å². The van der Waals surface area contributed by atoms with Gasteiger partial charge < -0.3 is 10.6 Å². The van der Waals surface area contributed by atoms with Crippen LogP contribution >= 0.6 is 0 Å². The van der Waals surface area contributed by atoms with Crippen LogP contribution in [0.4, 0.5) is 10.5 Å². The summed E-state index contributed by atoms with van der Waals surface area (Å²) in [5.74, 6) is 0.125. The predicted molar refractivity (Wildman–Crippen MR) is 90.2 cm³/mol. The topological polar surface area (TPSA) is 90.7 Å². The van der Waals surface area contributed by atoms with Gasteiger partial charge in [0.05, 0.1) is 11.2 Å². The molecule has 0 aliphatic heterocycles. The third-order valence-corrected chi connectivity index (χ3v) is 4.45. The fourth-order valence-corrected chi connectivity index (χ4v) is 3.19. The smallest absolute Gasteiger partial charge is 0.319 e. The highest BCUT2D eigenvalue weighted by Gasteiger charge is 2.38. The maximum atomic E-state index is 12.5. The van der Waals surface area contributed by atoms with Crippen LogP contribution in [0.5, 0.6) is 0 Å². The zero-order chi connectivity index (χ0) is 17.0. The molecule has 1 aliphatic carbocycles. The first kappa shape index (κ1) is 15.9. The highest BCUT2D eigenvalue weighted by molar-refractivity contribution is 5.90. The Morgan fingerprint density at radius 2 is 2.00 bits per heavy atom. The Labute approximate surface area is 140 Å². The number of carbonyl (C=O) groups excluding carboxylic acids is 1. The fraction of sp³-hybridized carbons (Fsp3) is 0.333. The number of urea groups is 1. The minimum absolute atomic E-state index is 0.125. The van der Waals surface area contributed by atoms with E-state index in [1.165, 1.54) is 0 Å². The van der Waals surface area contributed by atoms with Gasteiger partial charge in [-0.1, -0.05) is 31.0 Å². The Kier molecular flexibility index (Phi) is 4.43. The third kappa shape index (κ3) is 3.20. The van der Waals surface area contributed by atoms with Crippen molar-refractivity contribution in [2.45, 2.75) is 38.1 Å². The number of amides is 2.